The van der Waals surface area contributed by atoms with Gasteiger partial charge in [-0.25, -0.2) is 13.1 Å². The Kier molecular flexibility index (Phi) is 4.73. The van der Waals surface area contributed by atoms with E-state index in [-0.39, 0.29) is 11.9 Å². The van der Waals surface area contributed by atoms with Crippen LogP contribution in [0.2, 0.25) is 0 Å². The highest BCUT2D eigenvalue weighted by molar-refractivity contribution is 7.88. The van der Waals surface area contributed by atoms with Crippen molar-refractivity contribution in [3.63, 3.8) is 0 Å². The summed E-state index contributed by atoms with van der Waals surface area (Å²) >= 11 is 0. The molecule has 1 N–H and O–H groups in total. The summed E-state index contributed by atoms with van der Waals surface area (Å²) in [5.41, 5.74) is 1.54. The number of carbonyl (C=O) groups is 1. The number of hydrogen-bond acceptors (Lipinski definition) is 3. The third-order valence-corrected chi connectivity index (χ3v) is 4.85. The van der Waals surface area contributed by atoms with Crippen molar-refractivity contribution in [3.8, 4) is 5.69 Å². The quantitative estimate of drug-likeness (QED) is 0.914. The van der Waals surface area contributed by atoms with E-state index in [9.17, 15) is 13.2 Å². The number of nitrogens with one attached hydrogen (secondary N) is 1. The number of nitrogens with zero attached hydrogens (tertiary/aromatic N) is 2. The molecule has 0 aliphatic carbocycles. The average molecular weight is 347 g/mol. The maximum absolute atomic E-state index is 12.8. The van der Waals surface area contributed by atoms with Gasteiger partial charge in [-0.2, -0.15) is 0 Å². The molecule has 0 saturated carbocycles. The Morgan fingerprint density at radius 1 is 1.21 bits per heavy atom. The van der Waals surface area contributed by atoms with Crippen LogP contribution in [0.25, 0.3) is 5.69 Å². The Hall–Kier alpha value is -2.12. The molecule has 1 fully saturated rings. The molecule has 1 saturated heterocycles. The van der Waals surface area contributed by atoms with Crippen molar-refractivity contribution in [2.45, 2.75) is 18.9 Å². The van der Waals surface area contributed by atoms with Gasteiger partial charge in [0, 0.05) is 42.8 Å². The number of amides is 1. The van der Waals surface area contributed by atoms with Gasteiger partial charge in [-0.3, -0.25) is 4.79 Å². The van der Waals surface area contributed by atoms with Crippen molar-refractivity contribution in [3.05, 3.63) is 54.4 Å². The summed E-state index contributed by atoms with van der Waals surface area (Å²) in [6.45, 7) is 1.05. The van der Waals surface area contributed by atoms with Crippen LogP contribution in [0.15, 0.2) is 48.8 Å². The predicted octanol–water partition coefficient (Wildman–Crippen LogP) is 1.63. The fourth-order valence-corrected chi connectivity index (χ4v) is 3.85. The van der Waals surface area contributed by atoms with Crippen molar-refractivity contribution in [2.75, 3.05) is 19.3 Å². The Morgan fingerprint density at radius 2 is 1.96 bits per heavy atom. The van der Waals surface area contributed by atoms with E-state index in [0.29, 0.717) is 18.7 Å². The molecule has 0 radical (unpaired) electrons. The number of piperidine rings is 1. The van der Waals surface area contributed by atoms with Crippen molar-refractivity contribution in [1.82, 2.24) is 14.2 Å². The van der Waals surface area contributed by atoms with E-state index in [2.05, 4.69) is 4.72 Å². The first-order valence-corrected chi connectivity index (χ1v) is 9.81. The van der Waals surface area contributed by atoms with Crippen LogP contribution < -0.4 is 4.72 Å². The van der Waals surface area contributed by atoms with E-state index in [1.807, 2.05) is 47.3 Å². The maximum atomic E-state index is 12.8. The van der Waals surface area contributed by atoms with Crippen LogP contribution in [0.4, 0.5) is 0 Å². The van der Waals surface area contributed by atoms with Crippen molar-refractivity contribution in [2.24, 2.45) is 0 Å². The van der Waals surface area contributed by atoms with Gasteiger partial charge in [0.15, 0.2) is 0 Å². The zero-order valence-corrected chi connectivity index (χ0v) is 14.4. The SMILES string of the molecule is CS(=O)(=O)N[C@H]1CCCN(C(=O)c2cccc(-n3cccc3)c2)C1. The fourth-order valence-electron chi connectivity index (χ4n) is 3.05. The molecule has 3 rings (SSSR count). The third kappa shape index (κ3) is 4.04. The van der Waals surface area contributed by atoms with Crippen LogP contribution in [0.3, 0.4) is 0 Å². The van der Waals surface area contributed by atoms with Crippen LogP contribution in [-0.4, -0.2) is 49.2 Å². The highest BCUT2D eigenvalue weighted by Gasteiger charge is 2.26. The van der Waals surface area contributed by atoms with E-state index < -0.39 is 10.0 Å². The molecule has 2 aromatic rings. The topological polar surface area (TPSA) is 71.4 Å². The summed E-state index contributed by atoms with van der Waals surface area (Å²) in [7, 11) is -3.27. The van der Waals surface area contributed by atoms with Crippen LogP contribution in [-0.2, 0) is 10.0 Å². The zero-order valence-electron chi connectivity index (χ0n) is 13.6. The van der Waals surface area contributed by atoms with Gasteiger partial charge in [-0.15, -0.1) is 0 Å². The number of sulfonamides is 1. The van der Waals surface area contributed by atoms with E-state index >= 15 is 0 Å². The minimum atomic E-state index is -3.27. The van der Waals surface area contributed by atoms with E-state index in [4.69, 9.17) is 0 Å². The Balaban J connectivity index is 1.75. The van der Waals surface area contributed by atoms with Crippen LogP contribution in [0.1, 0.15) is 23.2 Å². The van der Waals surface area contributed by atoms with Crippen LogP contribution in [0.5, 0.6) is 0 Å². The van der Waals surface area contributed by atoms with Crippen molar-refractivity contribution in [1.29, 1.82) is 0 Å². The molecule has 6 nitrogen and oxygen atoms in total. The monoisotopic (exact) mass is 347 g/mol. The third-order valence-electron chi connectivity index (χ3n) is 4.09. The van der Waals surface area contributed by atoms with Gasteiger partial charge < -0.3 is 9.47 Å². The molecular formula is C17H21N3O3S. The minimum Gasteiger partial charge on any atom is -0.337 e. The summed E-state index contributed by atoms with van der Waals surface area (Å²) in [6.07, 6.45) is 6.54. The Bertz CT molecular complexity index is 815. The summed E-state index contributed by atoms with van der Waals surface area (Å²) in [4.78, 5) is 14.5. The van der Waals surface area contributed by atoms with E-state index in [1.165, 1.54) is 0 Å². The molecule has 24 heavy (non-hydrogen) atoms. The lowest BCUT2D eigenvalue weighted by atomic mass is 10.1. The molecule has 0 bridgehead atoms. The first kappa shape index (κ1) is 16.7. The van der Waals surface area contributed by atoms with Crippen molar-refractivity contribution < 1.29 is 13.2 Å². The lowest BCUT2D eigenvalue weighted by Gasteiger charge is -2.32. The molecular weight excluding hydrogens is 326 g/mol. The van der Waals surface area contributed by atoms with Crippen LogP contribution in [0, 0.1) is 0 Å². The first-order chi connectivity index (χ1) is 11.4. The summed E-state index contributed by atoms with van der Waals surface area (Å²) in [5.74, 6) is -0.0657. The molecule has 2 heterocycles. The summed E-state index contributed by atoms with van der Waals surface area (Å²) in [6, 6.07) is 11.1. The second-order valence-corrected chi connectivity index (χ2v) is 7.90. The molecule has 0 spiro atoms. The standard InChI is InChI=1S/C17H21N3O3S/c1-24(22,23)18-15-7-5-11-20(13-15)17(21)14-6-4-8-16(12-14)19-9-2-3-10-19/h2-4,6,8-10,12,15,18H,5,7,11,13H2,1H3/t15-/m0/s1. The van der Waals surface area contributed by atoms with Gasteiger partial charge in [-0.1, -0.05) is 6.07 Å². The molecule has 1 atom stereocenters. The lowest BCUT2D eigenvalue weighted by molar-refractivity contribution is 0.0703. The van der Waals surface area contributed by atoms with Gasteiger partial charge in [0.2, 0.25) is 10.0 Å². The molecule has 1 aromatic carbocycles. The molecule has 1 aromatic heterocycles. The zero-order chi connectivity index (χ0) is 17.2. The smallest absolute Gasteiger partial charge is 0.253 e. The second kappa shape index (κ2) is 6.78. The molecule has 1 aliphatic rings. The van der Waals surface area contributed by atoms with Gasteiger partial charge in [-0.05, 0) is 43.2 Å². The molecule has 128 valence electrons. The molecule has 7 heteroatoms. The predicted molar refractivity (Wildman–Crippen MR) is 92.7 cm³/mol. The number of rotatable bonds is 4. The highest BCUT2D eigenvalue weighted by atomic mass is 32.2. The van der Waals surface area contributed by atoms with Crippen molar-refractivity contribution >= 4 is 15.9 Å². The lowest BCUT2D eigenvalue weighted by Crippen LogP contribution is -2.49. The average Bonchev–Trinajstić information content (AvgIpc) is 3.07. The van der Waals surface area contributed by atoms with Gasteiger partial charge >= 0.3 is 0 Å². The number of benzene rings is 1. The van der Waals surface area contributed by atoms with Crippen LogP contribution >= 0.6 is 0 Å². The number of hydrogen-bond donors (Lipinski definition) is 1. The largest absolute Gasteiger partial charge is 0.337 e. The second-order valence-electron chi connectivity index (χ2n) is 6.12. The molecule has 0 unspecified atom stereocenters. The van der Waals surface area contributed by atoms with Gasteiger partial charge in [0.25, 0.3) is 5.91 Å². The first-order valence-electron chi connectivity index (χ1n) is 7.92. The summed E-state index contributed by atoms with van der Waals surface area (Å²) < 4.78 is 27.4. The van der Waals surface area contributed by atoms with E-state index in [0.717, 1.165) is 24.8 Å². The fraction of sp³-hybridized carbons (Fsp3) is 0.353. The van der Waals surface area contributed by atoms with Gasteiger partial charge in [0.1, 0.15) is 0 Å². The molecule has 1 amide bonds. The summed E-state index contributed by atoms with van der Waals surface area (Å²) in [5, 5.41) is 0. The Labute approximate surface area is 142 Å². The normalized spacial score (nSPS) is 18.5. The van der Waals surface area contributed by atoms with E-state index in [1.54, 1.807) is 11.0 Å². The number of aromatic nitrogens is 1. The Morgan fingerprint density at radius 3 is 2.67 bits per heavy atom. The highest BCUT2D eigenvalue weighted by Crippen LogP contribution is 2.17. The number of carbonyl (C=O) groups excluding carboxylic acids is 1. The molecule has 1 aliphatic heterocycles. The maximum Gasteiger partial charge on any atom is 0.253 e. The van der Waals surface area contributed by atoms with Gasteiger partial charge in [0.05, 0.1) is 6.26 Å². The minimum absolute atomic E-state index is 0.0657. The number of likely N-dealkylation sites (tertiary alicyclic amines) is 1.